The third kappa shape index (κ3) is 7.33. The monoisotopic (exact) mass is 811 g/mol. The summed E-state index contributed by atoms with van der Waals surface area (Å²) in [5, 5.41) is 8.85. The summed E-state index contributed by atoms with van der Waals surface area (Å²) in [6.45, 7) is 2.40. The quantitative estimate of drug-likeness (QED) is 0.153. The summed E-state index contributed by atoms with van der Waals surface area (Å²) >= 11 is 0. The van der Waals surface area contributed by atoms with E-state index in [-0.39, 0.29) is 41.8 Å². The fourth-order valence-corrected chi connectivity index (χ4v) is 8.82. The molecule has 3 amide bonds. The first-order valence-corrected chi connectivity index (χ1v) is 19.3. The molecule has 1 aliphatic carbocycles. The Morgan fingerprint density at radius 2 is 1.78 bits per heavy atom. The lowest BCUT2D eigenvalue weighted by molar-refractivity contribution is -0.141. The predicted octanol–water partition coefficient (Wildman–Crippen LogP) is 5.10. The van der Waals surface area contributed by atoms with Gasteiger partial charge < -0.3 is 15.1 Å². The van der Waals surface area contributed by atoms with Gasteiger partial charge in [0.1, 0.15) is 18.1 Å². The van der Waals surface area contributed by atoms with Gasteiger partial charge >= 0.3 is 11.9 Å². The number of nitrogens with zero attached hydrogens (tertiary/aromatic N) is 9. The number of aryl methyl sites for hydroxylation is 1. The predicted molar refractivity (Wildman–Crippen MR) is 201 cm³/mol. The number of imide groups is 1. The maximum atomic E-state index is 14.1. The molecule has 2 saturated heterocycles. The minimum Gasteiger partial charge on any atom is -0.370 e. The molecule has 0 spiro atoms. The number of hydrogen-bond donors (Lipinski definition) is 2. The molecule has 2 aliphatic heterocycles. The van der Waals surface area contributed by atoms with Crippen molar-refractivity contribution >= 4 is 45.8 Å². The molecule has 58 heavy (non-hydrogen) atoms. The molecule has 1 aromatic carbocycles. The molecule has 2 N–H and O–H groups in total. The van der Waals surface area contributed by atoms with Gasteiger partial charge in [0.05, 0.1) is 28.5 Å². The van der Waals surface area contributed by atoms with Gasteiger partial charge in [-0.25, -0.2) is 23.5 Å². The van der Waals surface area contributed by atoms with E-state index in [2.05, 4.69) is 42.5 Å². The second kappa shape index (κ2) is 15.3. The van der Waals surface area contributed by atoms with Gasteiger partial charge in [0.2, 0.25) is 11.8 Å². The highest BCUT2D eigenvalue weighted by Crippen LogP contribution is 2.37. The van der Waals surface area contributed by atoms with Crippen molar-refractivity contribution in [3.8, 4) is 0 Å². The number of piperidine rings is 2. The van der Waals surface area contributed by atoms with Crippen LogP contribution in [0.1, 0.15) is 91.8 Å². The van der Waals surface area contributed by atoms with E-state index >= 15 is 0 Å². The van der Waals surface area contributed by atoms with Gasteiger partial charge in [-0.05, 0) is 76.1 Å². The highest BCUT2D eigenvalue weighted by atomic mass is 19.4. The third-order valence-corrected chi connectivity index (χ3v) is 11.9. The highest BCUT2D eigenvalue weighted by molar-refractivity contribution is 6.07. The van der Waals surface area contributed by atoms with Crippen molar-refractivity contribution in [2.75, 3.05) is 36.9 Å². The number of carbonyl (C=O) groups excluding carboxylic acids is 3. The van der Waals surface area contributed by atoms with E-state index in [1.165, 1.54) is 15.4 Å². The van der Waals surface area contributed by atoms with Crippen molar-refractivity contribution in [2.45, 2.75) is 82.1 Å². The maximum Gasteiger partial charge on any atom is 0.433 e. The number of benzene rings is 1. The minimum atomic E-state index is -4.75. The third-order valence-electron chi connectivity index (χ3n) is 11.9. The topological polar surface area (TPSA) is 157 Å². The number of alkyl halides is 5. The summed E-state index contributed by atoms with van der Waals surface area (Å²) in [6.07, 6.45) is 1.05. The molecule has 308 valence electrons. The molecule has 8 rings (SSSR count). The van der Waals surface area contributed by atoms with E-state index in [9.17, 15) is 41.1 Å². The normalized spacial score (nSPS) is 21.1. The highest BCUT2D eigenvalue weighted by Gasteiger charge is 2.35. The molecule has 3 aliphatic rings. The van der Waals surface area contributed by atoms with Gasteiger partial charge in [0, 0.05) is 51.5 Å². The molecule has 5 aromatic rings. The molecule has 20 heteroatoms. The van der Waals surface area contributed by atoms with E-state index in [4.69, 9.17) is 0 Å². The largest absolute Gasteiger partial charge is 0.433 e. The van der Waals surface area contributed by atoms with E-state index in [1.54, 1.807) is 11.6 Å². The second-order valence-corrected chi connectivity index (χ2v) is 15.5. The van der Waals surface area contributed by atoms with Gasteiger partial charge in [-0.15, -0.1) is 0 Å². The number of amides is 3. The van der Waals surface area contributed by atoms with Crippen molar-refractivity contribution < 1.29 is 36.3 Å². The molecule has 0 bridgehead atoms. The van der Waals surface area contributed by atoms with Gasteiger partial charge in [-0.2, -0.15) is 18.3 Å². The fraction of sp³-hybridized carbons (Fsp3) is 0.500. The van der Waals surface area contributed by atoms with Crippen molar-refractivity contribution in [2.24, 2.45) is 13.0 Å². The van der Waals surface area contributed by atoms with Crippen LogP contribution < -0.4 is 21.2 Å². The average Bonchev–Trinajstić information content (AvgIpc) is 3.89. The number of aromatic nitrogens is 7. The minimum absolute atomic E-state index is 0.171. The van der Waals surface area contributed by atoms with Gasteiger partial charge in [0.15, 0.2) is 17.0 Å². The molecule has 4 aromatic heterocycles. The van der Waals surface area contributed by atoms with Crippen LogP contribution in [0.2, 0.25) is 0 Å². The second-order valence-electron chi connectivity index (χ2n) is 15.5. The number of fused-ring (bicyclic) bond motifs is 2. The first-order valence-electron chi connectivity index (χ1n) is 19.3. The van der Waals surface area contributed by atoms with E-state index in [0.717, 1.165) is 79.5 Å². The van der Waals surface area contributed by atoms with Crippen molar-refractivity contribution in [1.29, 1.82) is 0 Å². The lowest BCUT2D eigenvalue weighted by Gasteiger charge is -2.40. The molecule has 1 unspecified atom stereocenters. The van der Waals surface area contributed by atoms with Crippen LogP contribution in [0.5, 0.6) is 0 Å². The number of imidazole rings is 2. The summed E-state index contributed by atoms with van der Waals surface area (Å²) in [5.41, 5.74) is -0.887. The maximum absolute atomic E-state index is 14.1. The Balaban J connectivity index is 0.871. The zero-order valence-electron chi connectivity index (χ0n) is 31.8. The lowest BCUT2D eigenvalue weighted by atomic mass is 9.85. The lowest BCUT2D eigenvalue weighted by Crippen LogP contribution is -2.45. The van der Waals surface area contributed by atoms with E-state index in [0.29, 0.717) is 30.3 Å². The summed E-state index contributed by atoms with van der Waals surface area (Å²) < 4.78 is 73.7. The number of para-hydroxylation sites is 1. The van der Waals surface area contributed by atoms with Crippen molar-refractivity contribution in [3.63, 3.8) is 0 Å². The van der Waals surface area contributed by atoms with Crippen LogP contribution in [0.15, 0.2) is 47.8 Å². The van der Waals surface area contributed by atoms with E-state index in [1.807, 2.05) is 18.2 Å². The number of hydrogen-bond acceptors (Lipinski definition) is 9. The van der Waals surface area contributed by atoms with Crippen LogP contribution in [0.4, 0.5) is 33.3 Å². The average molecular weight is 812 g/mol. The molecule has 6 heterocycles. The van der Waals surface area contributed by atoms with Crippen molar-refractivity contribution in [3.05, 3.63) is 70.6 Å². The number of nitrogens with one attached hydrogen (secondary N) is 2. The number of anilines is 2. The van der Waals surface area contributed by atoms with E-state index < -0.39 is 47.5 Å². The molecule has 3 fully saturated rings. The van der Waals surface area contributed by atoms with Crippen LogP contribution in [-0.2, 0) is 22.8 Å². The Morgan fingerprint density at radius 3 is 2.47 bits per heavy atom. The van der Waals surface area contributed by atoms with Gasteiger partial charge in [0.25, 0.3) is 12.3 Å². The van der Waals surface area contributed by atoms with Gasteiger partial charge in [-0.3, -0.25) is 37.9 Å². The summed E-state index contributed by atoms with van der Waals surface area (Å²) in [4.78, 5) is 63.0. The van der Waals surface area contributed by atoms with Gasteiger partial charge in [-0.1, -0.05) is 6.07 Å². The summed E-state index contributed by atoms with van der Waals surface area (Å²) in [6, 6.07) is 5.87. The SMILES string of the molecule is CN(CC1CCC(n2cc(NC(=O)c3ncn4ccc(C(F)(F)F)nc34)c(C(F)F)n2)CC1)C1CCN(c2cccc3c2n(C)c(=O)n3C2CCC(=O)NC2=O)CC1. The Labute approximate surface area is 327 Å². The Kier molecular flexibility index (Phi) is 10.3. The first-order chi connectivity index (χ1) is 27.7. The van der Waals surface area contributed by atoms with Crippen LogP contribution in [0.3, 0.4) is 0 Å². The number of carbonyl (C=O) groups is 3. The van der Waals surface area contributed by atoms with Crippen molar-refractivity contribution in [1.82, 2.24) is 43.5 Å². The summed E-state index contributed by atoms with van der Waals surface area (Å²) in [5.74, 6) is -1.42. The molecule has 15 nitrogen and oxygen atoms in total. The Morgan fingerprint density at radius 1 is 1.03 bits per heavy atom. The van der Waals surface area contributed by atoms with Crippen LogP contribution in [0, 0.1) is 5.92 Å². The van der Waals surface area contributed by atoms with Crippen LogP contribution in [0.25, 0.3) is 16.7 Å². The molecule has 1 atom stereocenters. The van der Waals surface area contributed by atoms with Crippen LogP contribution >= 0.6 is 0 Å². The molecule has 1 saturated carbocycles. The molecular formula is C38H42F5N11O4. The first kappa shape index (κ1) is 39.2. The standard InChI is InChI=1S/C38H42F5N11O4/c1-49(22-12-15-51(16-13-22)25-4-3-5-26-32(25)50(2)37(58)54(26)27-10-11-29(55)47-35(27)56)18-21-6-8-23(9-7-21)53-19-24(30(48-53)33(39)40)45-36(57)31-34-46-28(38(41,42)43)14-17-52(34)20-44-31/h3-5,14,17,19-23,27,33H,6-13,15-16,18H2,1-2H3,(H,45,57)(H,47,55,56). The molecule has 0 radical (unpaired) electrons. The Hall–Kier alpha value is -5.66. The number of halogens is 5. The number of rotatable bonds is 9. The zero-order chi connectivity index (χ0) is 41.0. The Bertz CT molecular complexity index is 2440. The summed E-state index contributed by atoms with van der Waals surface area (Å²) in [7, 11) is 3.83. The smallest absolute Gasteiger partial charge is 0.370 e. The molecular weight excluding hydrogens is 769 g/mol. The zero-order valence-corrected chi connectivity index (χ0v) is 31.8. The van der Waals surface area contributed by atoms with Crippen LogP contribution in [-0.4, -0.2) is 88.6 Å². The fourth-order valence-electron chi connectivity index (χ4n) is 8.82.